The van der Waals surface area contributed by atoms with E-state index in [9.17, 15) is 4.79 Å². The van der Waals surface area contributed by atoms with Gasteiger partial charge in [-0.05, 0) is 51.5 Å². The molecule has 94 valence electrons. The predicted octanol–water partition coefficient (Wildman–Crippen LogP) is 3.40. The third-order valence-corrected chi connectivity index (χ3v) is 2.12. The lowest BCUT2D eigenvalue weighted by molar-refractivity contribution is -0.152. The van der Waals surface area contributed by atoms with E-state index in [0.29, 0.717) is 5.02 Å². The number of anilines is 1. The van der Waals surface area contributed by atoms with Crippen LogP contribution in [0.15, 0.2) is 18.2 Å². The molecule has 1 N–H and O–H groups in total. The molecule has 0 aliphatic heterocycles. The van der Waals surface area contributed by atoms with Crippen molar-refractivity contribution in [2.45, 2.75) is 33.3 Å². The average Bonchev–Trinajstić information content (AvgIpc) is 2.10. The highest BCUT2D eigenvalue weighted by Crippen LogP contribution is 2.18. The number of benzene rings is 1. The molecule has 0 atom stereocenters. The van der Waals surface area contributed by atoms with Gasteiger partial charge in [0.25, 0.3) is 0 Å². The van der Waals surface area contributed by atoms with E-state index >= 15 is 0 Å². The highest BCUT2D eigenvalue weighted by Gasteiger charge is 2.15. The molecule has 4 heteroatoms. The third-order valence-electron chi connectivity index (χ3n) is 1.90. The highest BCUT2D eigenvalue weighted by atomic mass is 35.5. The minimum atomic E-state index is -0.455. The number of carbonyl (C=O) groups is 1. The molecule has 0 spiro atoms. The summed E-state index contributed by atoms with van der Waals surface area (Å²) in [7, 11) is 0. The van der Waals surface area contributed by atoms with E-state index in [4.69, 9.17) is 16.3 Å². The van der Waals surface area contributed by atoms with Crippen LogP contribution in [0.2, 0.25) is 5.02 Å². The molecule has 17 heavy (non-hydrogen) atoms. The summed E-state index contributed by atoms with van der Waals surface area (Å²) in [5.41, 5.74) is 1.41. The number of halogens is 1. The van der Waals surface area contributed by atoms with Crippen molar-refractivity contribution in [1.82, 2.24) is 0 Å². The number of hydrogen-bond acceptors (Lipinski definition) is 3. The number of esters is 1. The minimum Gasteiger partial charge on any atom is -0.459 e. The summed E-state index contributed by atoms with van der Waals surface area (Å²) < 4.78 is 5.19. The van der Waals surface area contributed by atoms with Crippen LogP contribution in [0.4, 0.5) is 5.69 Å². The van der Waals surface area contributed by atoms with Crippen molar-refractivity contribution in [2.75, 3.05) is 11.9 Å². The van der Waals surface area contributed by atoms with E-state index in [2.05, 4.69) is 5.32 Å². The van der Waals surface area contributed by atoms with Gasteiger partial charge >= 0.3 is 5.97 Å². The average molecular weight is 256 g/mol. The molecule has 0 aromatic heterocycles. The molecule has 0 unspecified atom stereocenters. The summed E-state index contributed by atoms with van der Waals surface area (Å²) in [6.07, 6.45) is 0. The van der Waals surface area contributed by atoms with Crippen LogP contribution >= 0.6 is 11.6 Å². The summed E-state index contributed by atoms with van der Waals surface area (Å²) in [6.45, 7) is 7.61. The van der Waals surface area contributed by atoms with Gasteiger partial charge in [0.1, 0.15) is 12.1 Å². The van der Waals surface area contributed by atoms with E-state index in [1.165, 1.54) is 0 Å². The molecular weight excluding hydrogens is 238 g/mol. The molecule has 0 fully saturated rings. The molecule has 0 aliphatic carbocycles. The van der Waals surface area contributed by atoms with Crippen molar-refractivity contribution >= 4 is 23.3 Å². The molecule has 0 radical (unpaired) electrons. The fraction of sp³-hybridized carbons (Fsp3) is 0.462. The normalized spacial score (nSPS) is 11.1. The van der Waals surface area contributed by atoms with E-state index in [-0.39, 0.29) is 12.5 Å². The van der Waals surface area contributed by atoms with Gasteiger partial charge < -0.3 is 10.1 Å². The molecule has 1 aromatic rings. The summed E-state index contributed by atoms with van der Waals surface area (Å²) in [6, 6.07) is 5.56. The van der Waals surface area contributed by atoms with Crippen LogP contribution < -0.4 is 5.32 Å². The third kappa shape index (κ3) is 5.59. The van der Waals surface area contributed by atoms with Gasteiger partial charge in [-0.3, -0.25) is 4.79 Å². The first-order chi connectivity index (χ1) is 7.76. The van der Waals surface area contributed by atoms with Crippen molar-refractivity contribution in [1.29, 1.82) is 0 Å². The molecular formula is C13H18ClNO2. The maximum absolute atomic E-state index is 11.5. The van der Waals surface area contributed by atoms with E-state index < -0.39 is 5.60 Å². The van der Waals surface area contributed by atoms with Gasteiger partial charge in [0, 0.05) is 10.7 Å². The maximum Gasteiger partial charge on any atom is 0.325 e. The van der Waals surface area contributed by atoms with Gasteiger partial charge in [-0.25, -0.2) is 0 Å². The first kappa shape index (κ1) is 13.8. The number of nitrogens with one attached hydrogen (secondary N) is 1. The lowest BCUT2D eigenvalue weighted by atomic mass is 10.2. The Hall–Kier alpha value is -1.22. The topological polar surface area (TPSA) is 38.3 Å². The van der Waals surface area contributed by atoms with E-state index in [0.717, 1.165) is 11.3 Å². The van der Waals surface area contributed by atoms with Crippen LogP contribution in [0, 0.1) is 6.92 Å². The molecule has 0 aliphatic rings. The van der Waals surface area contributed by atoms with Crippen molar-refractivity contribution < 1.29 is 9.53 Å². The smallest absolute Gasteiger partial charge is 0.325 e. The molecule has 0 bridgehead atoms. The standard InChI is InChI=1S/C13H18ClNO2/c1-9-5-10(14)7-11(6-9)15-8-12(16)17-13(2,3)4/h5-7,15H,8H2,1-4H3. The first-order valence-electron chi connectivity index (χ1n) is 5.49. The van der Waals surface area contributed by atoms with E-state index in [1.54, 1.807) is 6.07 Å². The molecule has 3 nitrogen and oxygen atoms in total. The zero-order chi connectivity index (χ0) is 13.1. The van der Waals surface area contributed by atoms with Crippen molar-refractivity contribution in [2.24, 2.45) is 0 Å². The number of carbonyl (C=O) groups excluding carboxylic acids is 1. The Kier molecular flexibility index (Phi) is 4.40. The second-order valence-electron chi connectivity index (χ2n) is 4.96. The Morgan fingerprint density at radius 3 is 2.53 bits per heavy atom. The number of rotatable bonds is 3. The van der Waals surface area contributed by atoms with Crippen LogP contribution in [0.5, 0.6) is 0 Å². The predicted molar refractivity (Wildman–Crippen MR) is 70.5 cm³/mol. The largest absolute Gasteiger partial charge is 0.459 e. The van der Waals surface area contributed by atoms with Gasteiger partial charge in [-0.15, -0.1) is 0 Å². The van der Waals surface area contributed by atoms with Gasteiger partial charge in [0.2, 0.25) is 0 Å². The Morgan fingerprint density at radius 2 is 2.00 bits per heavy atom. The number of ether oxygens (including phenoxy) is 1. The maximum atomic E-state index is 11.5. The Morgan fingerprint density at radius 1 is 1.35 bits per heavy atom. The molecule has 0 saturated carbocycles. The summed E-state index contributed by atoms with van der Waals surface area (Å²) in [4.78, 5) is 11.5. The lowest BCUT2D eigenvalue weighted by Gasteiger charge is -2.19. The minimum absolute atomic E-state index is 0.136. The number of aryl methyl sites for hydroxylation is 1. The van der Waals surface area contributed by atoms with Crippen LogP contribution in [0.25, 0.3) is 0 Å². The fourth-order valence-electron chi connectivity index (χ4n) is 1.39. The summed E-state index contributed by atoms with van der Waals surface area (Å²) >= 11 is 5.92. The van der Waals surface area contributed by atoms with Gasteiger partial charge in [0.15, 0.2) is 0 Å². The first-order valence-corrected chi connectivity index (χ1v) is 5.87. The molecule has 0 saturated heterocycles. The molecule has 1 aromatic carbocycles. The Bertz CT molecular complexity index is 390. The Balaban J connectivity index is 2.53. The van der Waals surface area contributed by atoms with Crippen LogP contribution in [-0.4, -0.2) is 18.1 Å². The van der Waals surface area contributed by atoms with Crippen molar-refractivity contribution in [3.05, 3.63) is 28.8 Å². The lowest BCUT2D eigenvalue weighted by Crippen LogP contribution is -2.28. The molecule has 1 rings (SSSR count). The van der Waals surface area contributed by atoms with Crippen LogP contribution in [0.1, 0.15) is 26.3 Å². The summed E-state index contributed by atoms with van der Waals surface area (Å²) in [5.74, 6) is -0.282. The van der Waals surface area contributed by atoms with Gasteiger partial charge in [-0.2, -0.15) is 0 Å². The molecule has 0 amide bonds. The second kappa shape index (κ2) is 5.41. The quantitative estimate of drug-likeness (QED) is 0.842. The van der Waals surface area contributed by atoms with Crippen molar-refractivity contribution in [3.63, 3.8) is 0 Å². The fourth-order valence-corrected chi connectivity index (χ4v) is 1.68. The summed E-state index contributed by atoms with van der Waals surface area (Å²) in [5, 5.41) is 3.64. The number of hydrogen-bond donors (Lipinski definition) is 1. The van der Waals surface area contributed by atoms with E-state index in [1.807, 2.05) is 39.8 Å². The van der Waals surface area contributed by atoms with Gasteiger partial charge in [-0.1, -0.05) is 11.6 Å². The monoisotopic (exact) mass is 255 g/mol. The van der Waals surface area contributed by atoms with Crippen LogP contribution in [0.3, 0.4) is 0 Å². The molecule has 0 heterocycles. The SMILES string of the molecule is Cc1cc(Cl)cc(NCC(=O)OC(C)(C)C)c1. The zero-order valence-corrected chi connectivity index (χ0v) is 11.4. The highest BCUT2D eigenvalue weighted by molar-refractivity contribution is 6.30. The zero-order valence-electron chi connectivity index (χ0n) is 10.6. The second-order valence-corrected chi connectivity index (χ2v) is 5.39. The van der Waals surface area contributed by atoms with Crippen LogP contribution in [-0.2, 0) is 9.53 Å². The van der Waals surface area contributed by atoms with Crippen molar-refractivity contribution in [3.8, 4) is 0 Å². The van der Waals surface area contributed by atoms with Gasteiger partial charge in [0.05, 0.1) is 0 Å². The Labute approximate surface area is 107 Å².